The number of nitrogens with zero attached hydrogens (tertiary/aromatic N) is 3. The van der Waals surface area contributed by atoms with Crippen molar-refractivity contribution in [2.45, 2.75) is 0 Å². The molecule has 1 fully saturated rings. The van der Waals surface area contributed by atoms with Gasteiger partial charge in [-0.25, -0.2) is 8.78 Å². The number of carbonyl (C=O) groups is 3. The average Bonchev–Trinajstić information content (AvgIpc) is 2.69. The van der Waals surface area contributed by atoms with Crippen LogP contribution in [0.5, 0.6) is 0 Å². The maximum atomic E-state index is 13.7. The van der Waals surface area contributed by atoms with Crippen LogP contribution in [0.4, 0.5) is 14.5 Å². The van der Waals surface area contributed by atoms with E-state index in [9.17, 15) is 23.2 Å². The molecule has 3 amide bonds. The molecular formula is C18H16F2N4O3. The minimum atomic E-state index is -0.901. The fourth-order valence-corrected chi connectivity index (χ4v) is 2.67. The van der Waals surface area contributed by atoms with Gasteiger partial charge in [0.1, 0.15) is 17.3 Å². The van der Waals surface area contributed by atoms with E-state index in [0.717, 1.165) is 18.5 Å². The molecule has 3 rings (SSSR count). The van der Waals surface area contributed by atoms with E-state index in [2.05, 4.69) is 10.3 Å². The van der Waals surface area contributed by atoms with Gasteiger partial charge in [0.2, 0.25) is 6.41 Å². The quantitative estimate of drug-likeness (QED) is 0.823. The van der Waals surface area contributed by atoms with Crippen LogP contribution in [0.2, 0.25) is 0 Å². The fourth-order valence-electron chi connectivity index (χ4n) is 2.67. The number of amides is 3. The Labute approximate surface area is 153 Å². The van der Waals surface area contributed by atoms with Gasteiger partial charge in [-0.1, -0.05) is 0 Å². The summed E-state index contributed by atoms with van der Waals surface area (Å²) < 4.78 is 26.6. The summed E-state index contributed by atoms with van der Waals surface area (Å²) in [5.74, 6) is -2.66. The number of halogens is 2. The van der Waals surface area contributed by atoms with Crippen molar-refractivity contribution in [2.24, 2.45) is 0 Å². The lowest BCUT2D eigenvalue weighted by molar-refractivity contribution is -0.119. The van der Waals surface area contributed by atoms with Gasteiger partial charge in [-0.3, -0.25) is 19.4 Å². The SMILES string of the molecule is O=CN1CCN(C(=O)c2cc(C(=O)Nc3ccc(F)cc3F)ccn2)CC1. The highest BCUT2D eigenvalue weighted by Gasteiger charge is 2.23. The van der Waals surface area contributed by atoms with Crippen molar-refractivity contribution in [3.8, 4) is 0 Å². The molecule has 7 nitrogen and oxygen atoms in total. The van der Waals surface area contributed by atoms with Crippen molar-refractivity contribution in [1.82, 2.24) is 14.8 Å². The molecule has 1 saturated heterocycles. The Bertz CT molecular complexity index is 883. The molecule has 1 aliphatic heterocycles. The summed E-state index contributed by atoms with van der Waals surface area (Å²) in [4.78, 5) is 42.7. The van der Waals surface area contributed by atoms with Gasteiger partial charge in [0.05, 0.1) is 5.69 Å². The van der Waals surface area contributed by atoms with Gasteiger partial charge in [-0.05, 0) is 24.3 Å². The molecule has 1 aromatic heterocycles. The number of hydrogen-bond donors (Lipinski definition) is 1. The van der Waals surface area contributed by atoms with Crippen LogP contribution >= 0.6 is 0 Å². The smallest absolute Gasteiger partial charge is 0.272 e. The molecule has 2 aromatic rings. The lowest BCUT2D eigenvalue weighted by atomic mass is 10.2. The number of anilines is 1. The van der Waals surface area contributed by atoms with Crippen LogP contribution in [0.3, 0.4) is 0 Å². The number of piperazine rings is 1. The summed E-state index contributed by atoms with van der Waals surface area (Å²) in [5, 5.41) is 2.33. The van der Waals surface area contributed by atoms with E-state index < -0.39 is 17.5 Å². The third kappa shape index (κ3) is 4.25. The lowest BCUT2D eigenvalue weighted by Gasteiger charge is -2.32. The van der Waals surface area contributed by atoms with Crippen LogP contribution in [0.1, 0.15) is 20.8 Å². The van der Waals surface area contributed by atoms with Crippen LogP contribution in [0.25, 0.3) is 0 Å². The normalized spacial score (nSPS) is 14.0. The van der Waals surface area contributed by atoms with Crippen LogP contribution in [0, 0.1) is 11.6 Å². The summed E-state index contributed by atoms with van der Waals surface area (Å²) in [7, 11) is 0. The number of aromatic nitrogens is 1. The third-order valence-electron chi connectivity index (χ3n) is 4.17. The molecule has 0 unspecified atom stereocenters. The van der Waals surface area contributed by atoms with Crippen LogP contribution in [0.15, 0.2) is 36.5 Å². The van der Waals surface area contributed by atoms with Gasteiger partial charge >= 0.3 is 0 Å². The molecule has 0 spiro atoms. The lowest BCUT2D eigenvalue weighted by Crippen LogP contribution is -2.48. The van der Waals surface area contributed by atoms with Crippen LogP contribution < -0.4 is 5.32 Å². The third-order valence-corrected chi connectivity index (χ3v) is 4.17. The second-order valence-electron chi connectivity index (χ2n) is 5.94. The Balaban J connectivity index is 1.72. The van der Waals surface area contributed by atoms with Crippen LogP contribution in [-0.4, -0.2) is 59.2 Å². The molecule has 0 aliphatic carbocycles. The van der Waals surface area contributed by atoms with Crippen molar-refractivity contribution in [3.63, 3.8) is 0 Å². The van der Waals surface area contributed by atoms with Gasteiger partial charge in [0.15, 0.2) is 0 Å². The Morgan fingerprint density at radius 3 is 2.48 bits per heavy atom. The molecule has 9 heteroatoms. The minimum absolute atomic E-state index is 0.0711. The van der Waals surface area contributed by atoms with Crippen molar-refractivity contribution < 1.29 is 23.2 Å². The molecule has 0 radical (unpaired) electrons. The molecule has 140 valence electrons. The molecule has 1 aromatic carbocycles. The van der Waals surface area contributed by atoms with Crippen molar-refractivity contribution in [3.05, 3.63) is 59.4 Å². The van der Waals surface area contributed by atoms with E-state index in [1.165, 1.54) is 18.3 Å². The number of hydrogen-bond acceptors (Lipinski definition) is 4. The Morgan fingerprint density at radius 1 is 1.07 bits per heavy atom. The summed E-state index contributed by atoms with van der Waals surface area (Å²) in [6.07, 6.45) is 2.05. The van der Waals surface area contributed by atoms with Crippen molar-refractivity contribution >= 4 is 23.9 Å². The molecule has 0 bridgehead atoms. The minimum Gasteiger partial charge on any atom is -0.342 e. The first-order valence-corrected chi connectivity index (χ1v) is 8.19. The van der Waals surface area contributed by atoms with E-state index in [0.29, 0.717) is 32.2 Å². The first kappa shape index (κ1) is 18.4. The molecule has 2 heterocycles. The van der Waals surface area contributed by atoms with Gasteiger partial charge in [0, 0.05) is 44.0 Å². The predicted molar refractivity (Wildman–Crippen MR) is 92.1 cm³/mol. The number of rotatable bonds is 4. The number of carbonyl (C=O) groups excluding carboxylic acids is 3. The zero-order chi connectivity index (χ0) is 19.4. The number of pyridine rings is 1. The van der Waals surface area contributed by atoms with E-state index in [4.69, 9.17) is 0 Å². The maximum Gasteiger partial charge on any atom is 0.272 e. The highest BCUT2D eigenvalue weighted by molar-refractivity contribution is 6.05. The van der Waals surface area contributed by atoms with Gasteiger partial charge < -0.3 is 15.1 Å². The zero-order valence-corrected chi connectivity index (χ0v) is 14.2. The summed E-state index contributed by atoms with van der Waals surface area (Å²) in [6, 6.07) is 5.50. The van der Waals surface area contributed by atoms with Gasteiger partial charge in [-0.15, -0.1) is 0 Å². The molecule has 0 atom stereocenters. The van der Waals surface area contributed by atoms with E-state index in [-0.39, 0.29) is 22.9 Å². The van der Waals surface area contributed by atoms with E-state index >= 15 is 0 Å². The Kier molecular flexibility index (Phi) is 5.39. The second-order valence-corrected chi connectivity index (χ2v) is 5.94. The highest BCUT2D eigenvalue weighted by atomic mass is 19.1. The predicted octanol–water partition coefficient (Wildman–Crippen LogP) is 1.53. The van der Waals surface area contributed by atoms with Crippen molar-refractivity contribution in [2.75, 3.05) is 31.5 Å². The standard InChI is InChI=1S/C18H16F2N4O3/c19-13-1-2-15(14(20)10-13)22-17(26)12-3-4-21-16(9-12)18(27)24-7-5-23(11-25)6-8-24/h1-4,9-11H,5-8H2,(H,22,26). The maximum absolute atomic E-state index is 13.7. The molecule has 1 aliphatic rings. The first-order chi connectivity index (χ1) is 13.0. The fraction of sp³-hybridized carbons (Fsp3) is 0.222. The first-order valence-electron chi connectivity index (χ1n) is 8.19. The molecule has 0 saturated carbocycles. The average molecular weight is 374 g/mol. The molecule has 27 heavy (non-hydrogen) atoms. The largest absolute Gasteiger partial charge is 0.342 e. The summed E-state index contributed by atoms with van der Waals surface area (Å²) in [5.41, 5.74) is 0.0152. The van der Waals surface area contributed by atoms with Gasteiger partial charge in [-0.2, -0.15) is 0 Å². The Hall–Kier alpha value is -3.36. The second kappa shape index (κ2) is 7.90. The number of benzene rings is 1. The van der Waals surface area contributed by atoms with E-state index in [1.54, 1.807) is 9.80 Å². The number of nitrogens with one attached hydrogen (secondary N) is 1. The van der Waals surface area contributed by atoms with Gasteiger partial charge in [0.25, 0.3) is 11.8 Å². The molecule has 1 N–H and O–H groups in total. The molecular weight excluding hydrogens is 358 g/mol. The summed E-state index contributed by atoms with van der Waals surface area (Å²) >= 11 is 0. The zero-order valence-electron chi connectivity index (χ0n) is 14.2. The highest BCUT2D eigenvalue weighted by Crippen LogP contribution is 2.16. The topological polar surface area (TPSA) is 82.6 Å². The summed E-state index contributed by atoms with van der Waals surface area (Å²) in [6.45, 7) is 1.60. The Morgan fingerprint density at radius 2 is 1.81 bits per heavy atom. The van der Waals surface area contributed by atoms with Crippen LogP contribution in [-0.2, 0) is 4.79 Å². The van der Waals surface area contributed by atoms with E-state index in [1.807, 2.05) is 0 Å². The monoisotopic (exact) mass is 374 g/mol. The van der Waals surface area contributed by atoms with Crippen molar-refractivity contribution in [1.29, 1.82) is 0 Å².